The fourth-order valence-corrected chi connectivity index (χ4v) is 3.47. The number of rotatable bonds is 2. The second-order valence-electron chi connectivity index (χ2n) is 6.32. The third-order valence-electron chi connectivity index (χ3n) is 4.66. The van der Waals surface area contributed by atoms with Crippen LogP contribution in [0.15, 0.2) is 24.3 Å². The molecule has 5 heteroatoms. The third-order valence-corrected chi connectivity index (χ3v) is 4.66. The zero-order valence-corrected chi connectivity index (χ0v) is 12.7. The SMILES string of the molecule is N[C@@H]1CCC[C@H](C(=O)N2CCO[C@H](c3cccc(F)c3)C2)C1. The molecule has 1 amide bonds. The first kappa shape index (κ1) is 15.4. The molecular formula is C17H23FN2O2. The van der Waals surface area contributed by atoms with Crippen LogP contribution >= 0.6 is 0 Å². The van der Waals surface area contributed by atoms with E-state index in [1.54, 1.807) is 6.07 Å². The highest BCUT2D eigenvalue weighted by atomic mass is 19.1. The molecule has 2 aliphatic rings. The molecule has 1 heterocycles. The molecule has 0 unspecified atom stereocenters. The van der Waals surface area contributed by atoms with Gasteiger partial charge >= 0.3 is 0 Å². The fourth-order valence-electron chi connectivity index (χ4n) is 3.47. The summed E-state index contributed by atoms with van der Waals surface area (Å²) in [6.45, 7) is 1.59. The predicted molar refractivity (Wildman–Crippen MR) is 81.6 cm³/mol. The average Bonchev–Trinajstić information content (AvgIpc) is 2.54. The number of amides is 1. The number of ether oxygens (including phenoxy) is 1. The number of benzene rings is 1. The molecular weight excluding hydrogens is 283 g/mol. The Labute approximate surface area is 130 Å². The van der Waals surface area contributed by atoms with Gasteiger partial charge in [0.1, 0.15) is 11.9 Å². The van der Waals surface area contributed by atoms with Crippen molar-refractivity contribution < 1.29 is 13.9 Å². The predicted octanol–water partition coefficient (Wildman–Crippen LogP) is 2.24. The number of morpholine rings is 1. The van der Waals surface area contributed by atoms with E-state index in [0.29, 0.717) is 19.7 Å². The van der Waals surface area contributed by atoms with Crippen LogP contribution in [-0.4, -0.2) is 36.5 Å². The van der Waals surface area contributed by atoms with Gasteiger partial charge in [0.15, 0.2) is 0 Å². The van der Waals surface area contributed by atoms with E-state index in [-0.39, 0.29) is 29.8 Å². The Hall–Kier alpha value is -1.46. The van der Waals surface area contributed by atoms with Gasteiger partial charge in [0, 0.05) is 18.5 Å². The standard InChI is InChI=1S/C17H23FN2O2/c18-14-5-1-3-12(9-14)16-11-20(7-8-22-16)17(21)13-4-2-6-15(19)10-13/h1,3,5,9,13,15-16H,2,4,6-8,10-11,19H2/t13-,15+,16-/m0/s1. The van der Waals surface area contributed by atoms with E-state index in [1.165, 1.54) is 12.1 Å². The zero-order valence-electron chi connectivity index (χ0n) is 12.7. The number of hydrogen-bond donors (Lipinski definition) is 1. The molecule has 1 saturated carbocycles. The topological polar surface area (TPSA) is 55.6 Å². The molecule has 4 nitrogen and oxygen atoms in total. The van der Waals surface area contributed by atoms with Crippen LogP contribution in [0.25, 0.3) is 0 Å². The van der Waals surface area contributed by atoms with Gasteiger partial charge < -0.3 is 15.4 Å². The Morgan fingerprint density at radius 2 is 2.23 bits per heavy atom. The molecule has 3 rings (SSSR count). The molecule has 1 aromatic carbocycles. The first-order valence-electron chi connectivity index (χ1n) is 8.05. The van der Waals surface area contributed by atoms with Gasteiger partial charge in [-0.2, -0.15) is 0 Å². The molecule has 3 atom stereocenters. The van der Waals surface area contributed by atoms with Crippen molar-refractivity contribution in [3.05, 3.63) is 35.6 Å². The van der Waals surface area contributed by atoms with Crippen LogP contribution in [-0.2, 0) is 9.53 Å². The van der Waals surface area contributed by atoms with Gasteiger partial charge in [0.05, 0.1) is 13.2 Å². The molecule has 0 aromatic heterocycles. The molecule has 1 aliphatic heterocycles. The van der Waals surface area contributed by atoms with Crippen LogP contribution in [0.2, 0.25) is 0 Å². The van der Waals surface area contributed by atoms with Crippen molar-refractivity contribution in [1.29, 1.82) is 0 Å². The maximum Gasteiger partial charge on any atom is 0.225 e. The lowest BCUT2D eigenvalue weighted by Crippen LogP contribution is -2.46. The van der Waals surface area contributed by atoms with E-state index in [1.807, 2.05) is 11.0 Å². The smallest absolute Gasteiger partial charge is 0.225 e. The maximum absolute atomic E-state index is 13.4. The minimum absolute atomic E-state index is 0.0370. The largest absolute Gasteiger partial charge is 0.370 e. The van der Waals surface area contributed by atoms with Crippen LogP contribution < -0.4 is 5.73 Å². The van der Waals surface area contributed by atoms with Crippen molar-refractivity contribution in [1.82, 2.24) is 4.90 Å². The summed E-state index contributed by atoms with van der Waals surface area (Å²) in [4.78, 5) is 14.5. The molecule has 1 aliphatic carbocycles. The summed E-state index contributed by atoms with van der Waals surface area (Å²) in [5.74, 6) is -0.0577. The monoisotopic (exact) mass is 306 g/mol. The number of nitrogens with two attached hydrogens (primary N) is 1. The van der Waals surface area contributed by atoms with Crippen LogP contribution in [0.3, 0.4) is 0 Å². The Balaban J connectivity index is 1.66. The molecule has 0 bridgehead atoms. The number of hydrogen-bond acceptors (Lipinski definition) is 3. The molecule has 120 valence electrons. The van der Waals surface area contributed by atoms with Crippen molar-refractivity contribution in [2.75, 3.05) is 19.7 Å². The number of nitrogens with zero attached hydrogens (tertiary/aromatic N) is 1. The van der Waals surface area contributed by atoms with Crippen molar-refractivity contribution in [2.45, 2.75) is 37.8 Å². The van der Waals surface area contributed by atoms with Gasteiger partial charge in [-0.15, -0.1) is 0 Å². The Morgan fingerprint density at radius 3 is 3.00 bits per heavy atom. The lowest BCUT2D eigenvalue weighted by Gasteiger charge is -2.37. The Bertz CT molecular complexity index is 537. The highest BCUT2D eigenvalue weighted by Gasteiger charge is 2.32. The Morgan fingerprint density at radius 1 is 1.36 bits per heavy atom. The molecule has 0 spiro atoms. The molecule has 0 radical (unpaired) electrons. The summed E-state index contributed by atoms with van der Waals surface area (Å²) in [5, 5.41) is 0. The van der Waals surface area contributed by atoms with Gasteiger partial charge in [-0.25, -0.2) is 4.39 Å². The Kier molecular flexibility index (Phi) is 4.74. The van der Waals surface area contributed by atoms with Crippen molar-refractivity contribution in [2.24, 2.45) is 11.7 Å². The van der Waals surface area contributed by atoms with Crippen LogP contribution in [0.1, 0.15) is 37.4 Å². The lowest BCUT2D eigenvalue weighted by molar-refractivity contribution is -0.144. The molecule has 22 heavy (non-hydrogen) atoms. The highest BCUT2D eigenvalue weighted by Crippen LogP contribution is 2.28. The van der Waals surface area contributed by atoms with Crippen molar-refractivity contribution in [3.8, 4) is 0 Å². The lowest BCUT2D eigenvalue weighted by atomic mass is 9.85. The normalized spacial score (nSPS) is 29.4. The van der Waals surface area contributed by atoms with Gasteiger partial charge in [0.2, 0.25) is 5.91 Å². The van der Waals surface area contributed by atoms with E-state index in [0.717, 1.165) is 31.2 Å². The number of halogens is 1. The summed E-state index contributed by atoms with van der Waals surface area (Å²) in [6.07, 6.45) is 3.49. The quantitative estimate of drug-likeness (QED) is 0.911. The maximum atomic E-state index is 13.4. The first-order valence-corrected chi connectivity index (χ1v) is 8.05. The van der Waals surface area contributed by atoms with Gasteiger partial charge in [-0.1, -0.05) is 18.6 Å². The van der Waals surface area contributed by atoms with Crippen LogP contribution in [0, 0.1) is 11.7 Å². The van der Waals surface area contributed by atoms with Gasteiger partial charge in [-0.3, -0.25) is 4.79 Å². The summed E-state index contributed by atoms with van der Waals surface area (Å²) in [5.41, 5.74) is 6.78. The first-order chi connectivity index (χ1) is 10.6. The van der Waals surface area contributed by atoms with E-state index >= 15 is 0 Å². The molecule has 1 saturated heterocycles. The van der Waals surface area contributed by atoms with Crippen LogP contribution in [0.4, 0.5) is 4.39 Å². The summed E-state index contributed by atoms with van der Waals surface area (Å²) in [6, 6.07) is 6.56. The van der Waals surface area contributed by atoms with E-state index in [2.05, 4.69) is 0 Å². The van der Waals surface area contributed by atoms with E-state index in [4.69, 9.17) is 10.5 Å². The molecule has 2 fully saturated rings. The minimum Gasteiger partial charge on any atom is -0.370 e. The average molecular weight is 306 g/mol. The van der Waals surface area contributed by atoms with Crippen LogP contribution in [0.5, 0.6) is 0 Å². The minimum atomic E-state index is -0.275. The number of carbonyl (C=O) groups excluding carboxylic acids is 1. The fraction of sp³-hybridized carbons (Fsp3) is 0.588. The van der Waals surface area contributed by atoms with E-state index in [9.17, 15) is 9.18 Å². The second kappa shape index (κ2) is 6.75. The summed E-state index contributed by atoms with van der Waals surface area (Å²) in [7, 11) is 0. The zero-order chi connectivity index (χ0) is 15.5. The van der Waals surface area contributed by atoms with Crippen molar-refractivity contribution >= 4 is 5.91 Å². The van der Waals surface area contributed by atoms with Gasteiger partial charge in [0.25, 0.3) is 0 Å². The van der Waals surface area contributed by atoms with Gasteiger partial charge in [-0.05, 0) is 37.0 Å². The molecule has 1 aromatic rings. The highest BCUT2D eigenvalue weighted by molar-refractivity contribution is 5.79. The number of carbonyl (C=O) groups is 1. The van der Waals surface area contributed by atoms with Crippen molar-refractivity contribution in [3.63, 3.8) is 0 Å². The third kappa shape index (κ3) is 3.47. The molecule has 2 N–H and O–H groups in total. The second-order valence-corrected chi connectivity index (χ2v) is 6.32. The van der Waals surface area contributed by atoms with E-state index < -0.39 is 0 Å². The summed E-state index contributed by atoms with van der Waals surface area (Å²) >= 11 is 0. The summed E-state index contributed by atoms with van der Waals surface area (Å²) < 4.78 is 19.1.